The van der Waals surface area contributed by atoms with Crippen LogP contribution in [0.15, 0.2) is 70.0 Å². The lowest BCUT2D eigenvalue weighted by molar-refractivity contribution is -0.384. The molecule has 0 amide bonds. The smallest absolute Gasteiger partial charge is 0.269 e. The van der Waals surface area contributed by atoms with E-state index in [9.17, 15) is 20.6 Å². The number of nitro groups is 1. The second kappa shape index (κ2) is 8.17. The summed E-state index contributed by atoms with van der Waals surface area (Å²) in [5.74, 6) is -0.0374. The number of aromatic nitrogens is 2. The van der Waals surface area contributed by atoms with Gasteiger partial charge < -0.3 is 5.32 Å². The van der Waals surface area contributed by atoms with E-state index in [0.717, 1.165) is 27.9 Å². The van der Waals surface area contributed by atoms with Gasteiger partial charge in [-0.15, -0.1) is 0 Å². The highest BCUT2D eigenvalue weighted by atomic mass is 16.6. The van der Waals surface area contributed by atoms with Crippen LogP contribution in [0.5, 0.6) is 0 Å². The van der Waals surface area contributed by atoms with Gasteiger partial charge in [0.15, 0.2) is 5.82 Å². The number of hydrogen-bond donors (Lipinski definition) is 2. The van der Waals surface area contributed by atoms with Gasteiger partial charge in [-0.3, -0.25) is 15.2 Å². The number of fused-ring (bicyclic) bond motifs is 1. The van der Waals surface area contributed by atoms with Crippen molar-refractivity contribution in [2.45, 2.75) is 19.8 Å². The number of nitro benzene ring substituents is 1. The van der Waals surface area contributed by atoms with E-state index in [1.165, 1.54) is 12.1 Å². The summed E-state index contributed by atoms with van der Waals surface area (Å²) in [4.78, 5) is 14.8. The van der Waals surface area contributed by atoms with Crippen molar-refractivity contribution in [1.82, 2.24) is 15.5 Å². The Hall–Kier alpha value is -4.76. The molecule has 0 bridgehead atoms. The maximum atomic E-state index is 10.8. The van der Waals surface area contributed by atoms with Crippen LogP contribution in [0.4, 0.5) is 11.5 Å². The SMILES string of the molecule is CC1=C(C#N)C(c2ccc3[nH]nc(N=Cc4ccc([N+](=O)[O-])cc4)c3c2)C(C#N)=C(C)N1. The molecule has 32 heavy (non-hydrogen) atoms. The molecular formula is C23H17N7O2. The lowest BCUT2D eigenvalue weighted by Gasteiger charge is -2.26. The third-order valence-electron chi connectivity index (χ3n) is 5.34. The first-order valence-corrected chi connectivity index (χ1v) is 9.68. The first kappa shape index (κ1) is 20.5. The van der Waals surface area contributed by atoms with Gasteiger partial charge >= 0.3 is 0 Å². The molecule has 0 saturated heterocycles. The van der Waals surface area contributed by atoms with Crippen LogP contribution in [-0.2, 0) is 0 Å². The Morgan fingerprint density at radius 3 is 2.34 bits per heavy atom. The summed E-state index contributed by atoms with van der Waals surface area (Å²) in [5.41, 5.74) is 4.67. The third-order valence-corrected chi connectivity index (χ3v) is 5.34. The predicted octanol–water partition coefficient (Wildman–Crippen LogP) is 4.50. The van der Waals surface area contributed by atoms with E-state index < -0.39 is 10.8 Å². The van der Waals surface area contributed by atoms with Crippen LogP contribution in [0, 0.1) is 32.8 Å². The highest BCUT2D eigenvalue weighted by Crippen LogP contribution is 2.39. The number of dihydropyridines is 1. The largest absolute Gasteiger partial charge is 0.361 e. The van der Waals surface area contributed by atoms with Gasteiger partial charge in [0, 0.05) is 35.1 Å². The Bertz CT molecular complexity index is 1380. The molecule has 2 aromatic carbocycles. The number of nitrogens with one attached hydrogen (secondary N) is 2. The fourth-order valence-electron chi connectivity index (χ4n) is 3.74. The van der Waals surface area contributed by atoms with Gasteiger partial charge in [-0.25, -0.2) is 4.99 Å². The van der Waals surface area contributed by atoms with Crippen molar-refractivity contribution in [2.24, 2.45) is 4.99 Å². The highest BCUT2D eigenvalue weighted by Gasteiger charge is 2.29. The molecule has 0 spiro atoms. The minimum Gasteiger partial charge on any atom is -0.361 e. The quantitative estimate of drug-likeness (QED) is 0.359. The summed E-state index contributed by atoms with van der Waals surface area (Å²) < 4.78 is 0. The molecule has 0 atom stereocenters. The number of hydrogen-bond acceptors (Lipinski definition) is 7. The van der Waals surface area contributed by atoms with Gasteiger partial charge in [0.1, 0.15) is 0 Å². The number of benzene rings is 2. The van der Waals surface area contributed by atoms with E-state index in [4.69, 9.17) is 0 Å². The second-order valence-electron chi connectivity index (χ2n) is 7.32. The van der Waals surface area contributed by atoms with Crippen molar-refractivity contribution >= 4 is 28.6 Å². The van der Waals surface area contributed by atoms with Crippen LogP contribution < -0.4 is 5.32 Å². The number of aromatic amines is 1. The average Bonchev–Trinajstić information content (AvgIpc) is 3.19. The van der Waals surface area contributed by atoms with Crippen LogP contribution in [0.2, 0.25) is 0 Å². The van der Waals surface area contributed by atoms with Gasteiger partial charge in [0.2, 0.25) is 0 Å². The Balaban J connectivity index is 1.74. The maximum Gasteiger partial charge on any atom is 0.269 e. The van der Waals surface area contributed by atoms with Crippen LogP contribution in [0.3, 0.4) is 0 Å². The first-order chi connectivity index (χ1) is 15.4. The van der Waals surface area contributed by atoms with E-state index in [2.05, 4.69) is 32.6 Å². The molecule has 0 aliphatic carbocycles. The lowest BCUT2D eigenvalue weighted by atomic mass is 9.81. The molecule has 3 aromatic rings. The first-order valence-electron chi connectivity index (χ1n) is 9.68. The molecule has 1 aromatic heterocycles. The zero-order valence-electron chi connectivity index (χ0n) is 17.2. The summed E-state index contributed by atoms with van der Waals surface area (Å²) in [6, 6.07) is 16.1. The Morgan fingerprint density at radius 1 is 1.09 bits per heavy atom. The molecule has 0 saturated carbocycles. The monoisotopic (exact) mass is 423 g/mol. The van der Waals surface area contributed by atoms with Crippen molar-refractivity contribution in [3.8, 4) is 12.1 Å². The molecule has 4 rings (SSSR count). The van der Waals surface area contributed by atoms with E-state index in [0.29, 0.717) is 22.5 Å². The van der Waals surface area contributed by atoms with Crippen LogP contribution in [0.25, 0.3) is 10.9 Å². The van der Waals surface area contributed by atoms with E-state index in [1.54, 1.807) is 18.3 Å². The van der Waals surface area contributed by atoms with E-state index in [1.807, 2.05) is 32.0 Å². The summed E-state index contributed by atoms with van der Waals surface area (Å²) in [7, 11) is 0. The number of rotatable bonds is 4. The lowest BCUT2D eigenvalue weighted by Crippen LogP contribution is -2.23. The molecule has 156 valence electrons. The summed E-state index contributed by atoms with van der Waals surface area (Å²) in [5, 5.41) is 41.3. The summed E-state index contributed by atoms with van der Waals surface area (Å²) in [6.07, 6.45) is 1.58. The molecule has 1 aliphatic rings. The van der Waals surface area contributed by atoms with Gasteiger partial charge in [-0.2, -0.15) is 15.6 Å². The van der Waals surface area contributed by atoms with Gasteiger partial charge in [-0.1, -0.05) is 6.07 Å². The van der Waals surface area contributed by atoms with Crippen LogP contribution >= 0.6 is 0 Å². The molecular weight excluding hydrogens is 406 g/mol. The average molecular weight is 423 g/mol. The predicted molar refractivity (Wildman–Crippen MR) is 119 cm³/mol. The maximum absolute atomic E-state index is 10.8. The zero-order chi connectivity index (χ0) is 22.8. The number of nitriles is 2. The molecule has 2 heterocycles. The Labute approximate surface area is 183 Å². The van der Waals surface area contributed by atoms with Crippen molar-refractivity contribution in [3.63, 3.8) is 0 Å². The Kier molecular flexibility index (Phi) is 5.24. The number of allylic oxidation sites excluding steroid dienone is 4. The van der Waals surface area contributed by atoms with Gasteiger partial charge in [0.25, 0.3) is 5.69 Å². The summed E-state index contributed by atoms with van der Waals surface area (Å²) >= 11 is 0. The summed E-state index contributed by atoms with van der Waals surface area (Å²) in [6.45, 7) is 3.64. The zero-order valence-corrected chi connectivity index (χ0v) is 17.2. The number of non-ortho nitro benzene ring substituents is 1. The normalized spacial score (nSPS) is 14.5. The fourth-order valence-corrected chi connectivity index (χ4v) is 3.74. The molecule has 0 radical (unpaired) electrons. The molecule has 1 aliphatic heterocycles. The molecule has 9 heteroatoms. The van der Waals surface area contributed by atoms with E-state index >= 15 is 0 Å². The van der Waals surface area contributed by atoms with Crippen LogP contribution in [-0.4, -0.2) is 21.3 Å². The molecule has 2 N–H and O–H groups in total. The highest BCUT2D eigenvalue weighted by molar-refractivity contribution is 5.92. The second-order valence-corrected chi connectivity index (χ2v) is 7.32. The molecule has 0 unspecified atom stereocenters. The van der Waals surface area contributed by atoms with E-state index in [-0.39, 0.29) is 5.69 Å². The number of nitrogens with zero attached hydrogens (tertiary/aromatic N) is 5. The third kappa shape index (κ3) is 3.59. The Morgan fingerprint density at radius 2 is 1.75 bits per heavy atom. The molecule has 9 nitrogen and oxygen atoms in total. The van der Waals surface area contributed by atoms with Crippen molar-refractivity contribution in [3.05, 3.63) is 86.2 Å². The minimum atomic E-state index is -0.475. The standard InChI is InChI=1S/C23H17N7O2/c1-13-19(10-24)22(20(11-25)14(2)27-13)16-5-8-21-18(9-16)23(29-28-21)26-12-15-3-6-17(7-4-15)30(31)32/h3-9,12,22,27H,1-2H3,(H,28,29). The van der Waals surface area contributed by atoms with Crippen LogP contribution in [0.1, 0.15) is 30.9 Å². The van der Waals surface area contributed by atoms with Gasteiger partial charge in [-0.05, 0) is 49.2 Å². The topological polar surface area (TPSA) is 144 Å². The van der Waals surface area contributed by atoms with Crippen molar-refractivity contribution in [2.75, 3.05) is 0 Å². The fraction of sp³-hybridized carbons (Fsp3) is 0.130. The van der Waals surface area contributed by atoms with Crippen molar-refractivity contribution in [1.29, 1.82) is 10.5 Å². The number of H-pyrrole nitrogens is 1. The van der Waals surface area contributed by atoms with Gasteiger partial charge in [0.05, 0.1) is 39.6 Å². The molecule has 0 fully saturated rings. The number of aliphatic imine (C=N–C) groups is 1. The van der Waals surface area contributed by atoms with Crippen molar-refractivity contribution < 1.29 is 4.92 Å². The minimum absolute atomic E-state index is 0.00673.